The number of hydrogen-bond donors (Lipinski definition) is 0. The van der Waals surface area contributed by atoms with Crippen LogP contribution in [-0.4, -0.2) is 22.8 Å². The molecule has 0 aliphatic heterocycles. The van der Waals surface area contributed by atoms with Crippen LogP contribution in [-0.2, 0) is 8.85 Å². The fraction of sp³-hybridized carbons (Fsp3) is 0.556. The highest BCUT2D eigenvalue weighted by Gasteiger charge is 2.32. The lowest BCUT2D eigenvalue weighted by Gasteiger charge is -2.25. The van der Waals surface area contributed by atoms with Gasteiger partial charge in [0.1, 0.15) is 0 Å². The Morgan fingerprint density at radius 1 is 1.17 bits per heavy atom. The van der Waals surface area contributed by atoms with E-state index in [0.717, 1.165) is 18.5 Å². The van der Waals surface area contributed by atoms with Crippen LogP contribution >= 0.6 is 0 Å². The summed E-state index contributed by atoms with van der Waals surface area (Å²) in [7, 11) is 1.47. The summed E-state index contributed by atoms with van der Waals surface area (Å²) in [6.07, 6.45) is 4.70. The van der Waals surface area contributed by atoms with Gasteiger partial charge in [0, 0.05) is 20.3 Å². The van der Waals surface area contributed by atoms with Crippen molar-refractivity contribution >= 4 is 8.56 Å². The number of allylic oxidation sites excluding steroid dienone is 2. The van der Waals surface area contributed by atoms with Gasteiger partial charge in [-0.2, -0.15) is 0 Å². The molecule has 2 nitrogen and oxygen atoms in total. The van der Waals surface area contributed by atoms with Crippen LogP contribution in [0.3, 0.4) is 0 Å². The molecule has 0 aromatic rings. The average Bonchev–Trinajstić information content (AvgIpc) is 2.13. The second-order valence-corrected chi connectivity index (χ2v) is 6.19. The smallest absolute Gasteiger partial charge is 0.341 e. The fourth-order valence-corrected chi connectivity index (χ4v) is 3.29. The van der Waals surface area contributed by atoms with Crippen LogP contribution < -0.4 is 0 Å². The van der Waals surface area contributed by atoms with E-state index >= 15 is 0 Å². The van der Waals surface area contributed by atoms with Crippen LogP contribution in [0.15, 0.2) is 25.3 Å². The summed E-state index contributed by atoms with van der Waals surface area (Å²) < 4.78 is 10.9. The van der Waals surface area contributed by atoms with Crippen LogP contribution in [0.5, 0.6) is 0 Å². The molecule has 0 bridgehead atoms. The van der Waals surface area contributed by atoms with Gasteiger partial charge in [0.05, 0.1) is 0 Å². The maximum atomic E-state index is 5.43. The zero-order valence-corrected chi connectivity index (χ0v) is 9.01. The van der Waals surface area contributed by atoms with Crippen molar-refractivity contribution in [2.45, 2.75) is 18.5 Å². The van der Waals surface area contributed by atoms with Crippen molar-refractivity contribution in [3.8, 4) is 0 Å². The Labute approximate surface area is 76.1 Å². The topological polar surface area (TPSA) is 18.5 Å². The lowest BCUT2D eigenvalue weighted by molar-refractivity contribution is 0.245. The van der Waals surface area contributed by atoms with Crippen molar-refractivity contribution in [2.75, 3.05) is 14.2 Å². The van der Waals surface area contributed by atoms with Gasteiger partial charge in [0.15, 0.2) is 0 Å². The Morgan fingerprint density at radius 3 is 2.08 bits per heavy atom. The molecule has 0 fully saturated rings. The first-order valence-corrected chi connectivity index (χ1v) is 6.30. The highest BCUT2D eigenvalue weighted by molar-refractivity contribution is 6.67. The Kier molecular flexibility index (Phi) is 5.97. The lowest BCUT2D eigenvalue weighted by Crippen LogP contribution is -2.39. The Hall–Kier alpha value is -0.383. The molecule has 0 saturated heterocycles. The SMILES string of the molecule is C=CCC[Si](CC=C)(OC)OC. The summed E-state index contributed by atoms with van der Waals surface area (Å²) in [6.45, 7) is 7.38. The minimum atomic E-state index is -1.95. The lowest BCUT2D eigenvalue weighted by atomic mass is 10.5. The van der Waals surface area contributed by atoms with E-state index in [9.17, 15) is 0 Å². The molecule has 0 unspecified atom stereocenters. The number of hydrogen-bond acceptors (Lipinski definition) is 2. The second-order valence-electron chi connectivity index (χ2n) is 2.64. The van der Waals surface area contributed by atoms with Crippen molar-refractivity contribution < 1.29 is 8.85 Å². The molecule has 3 heteroatoms. The molecule has 0 aromatic carbocycles. The van der Waals surface area contributed by atoms with E-state index in [1.165, 1.54) is 0 Å². The van der Waals surface area contributed by atoms with Crippen molar-refractivity contribution in [1.29, 1.82) is 0 Å². The standard InChI is InChI=1S/C9H18O2Si/c1-5-7-9-12(10-3,11-4)8-6-2/h5-6H,1-2,7-9H2,3-4H3. The van der Waals surface area contributed by atoms with Gasteiger partial charge in [-0.3, -0.25) is 0 Å². The minimum Gasteiger partial charge on any atom is -0.397 e. The Bertz CT molecular complexity index is 141. The molecule has 0 rings (SSSR count). The Balaban J connectivity index is 4.12. The van der Waals surface area contributed by atoms with Gasteiger partial charge in [-0.25, -0.2) is 0 Å². The van der Waals surface area contributed by atoms with E-state index in [1.807, 2.05) is 12.2 Å². The molecule has 0 heterocycles. The van der Waals surface area contributed by atoms with Gasteiger partial charge >= 0.3 is 8.56 Å². The largest absolute Gasteiger partial charge is 0.397 e. The molecule has 0 atom stereocenters. The summed E-state index contributed by atoms with van der Waals surface area (Å²) >= 11 is 0. The Morgan fingerprint density at radius 2 is 1.75 bits per heavy atom. The first-order chi connectivity index (χ1) is 5.74. The van der Waals surface area contributed by atoms with E-state index in [1.54, 1.807) is 14.2 Å². The molecular weight excluding hydrogens is 168 g/mol. The third kappa shape index (κ3) is 3.34. The van der Waals surface area contributed by atoms with E-state index < -0.39 is 8.56 Å². The molecule has 0 spiro atoms. The number of rotatable bonds is 7. The van der Waals surface area contributed by atoms with Crippen LogP contribution in [0.25, 0.3) is 0 Å². The quantitative estimate of drug-likeness (QED) is 0.449. The molecule has 70 valence electrons. The van der Waals surface area contributed by atoms with E-state index in [2.05, 4.69) is 13.2 Å². The van der Waals surface area contributed by atoms with Gasteiger partial charge in [0.2, 0.25) is 0 Å². The van der Waals surface area contributed by atoms with Crippen molar-refractivity contribution in [3.63, 3.8) is 0 Å². The third-order valence-corrected chi connectivity index (χ3v) is 5.38. The van der Waals surface area contributed by atoms with Crippen LogP contribution in [0.4, 0.5) is 0 Å². The predicted octanol–water partition coefficient (Wildman–Crippen LogP) is 2.48. The zero-order chi connectivity index (χ0) is 9.45. The highest BCUT2D eigenvalue weighted by Crippen LogP contribution is 2.19. The predicted molar refractivity (Wildman–Crippen MR) is 54.4 cm³/mol. The van der Waals surface area contributed by atoms with Crippen molar-refractivity contribution in [3.05, 3.63) is 25.3 Å². The minimum absolute atomic E-state index is 0.841. The molecule has 0 N–H and O–H groups in total. The molecule has 12 heavy (non-hydrogen) atoms. The average molecular weight is 186 g/mol. The first kappa shape index (κ1) is 11.6. The highest BCUT2D eigenvalue weighted by atomic mass is 28.4. The van der Waals surface area contributed by atoms with Gasteiger partial charge in [0.25, 0.3) is 0 Å². The molecular formula is C9H18O2Si. The molecule has 0 saturated carbocycles. The van der Waals surface area contributed by atoms with Gasteiger partial charge < -0.3 is 8.85 Å². The molecule has 0 amide bonds. The van der Waals surface area contributed by atoms with Crippen LogP contribution in [0.2, 0.25) is 12.1 Å². The van der Waals surface area contributed by atoms with E-state index in [0.29, 0.717) is 0 Å². The maximum absolute atomic E-state index is 5.43. The summed E-state index contributed by atoms with van der Waals surface area (Å²) in [4.78, 5) is 0. The monoisotopic (exact) mass is 186 g/mol. The van der Waals surface area contributed by atoms with Gasteiger partial charge in [-0.1, -0.05) is 12.2 Å². The molecule has 0 aromatic heterocycles. The maximum Gasteiger partial charge on any atom is 0.341 e. The van der Waals surface area contributed by atoms with Crippen LogP contribution in [0, 0.1) is 0 Å². The summed E-state index contributed by atoms with van der Waals surface area (Å²) in [5, 5.41) is 0. The summed E-state index contributed by atoms with van der Waals surface area (Å²) in [5.41, 5.74) is 0. The fourth-order valence-electron chi connectivity index (χ4n) is 1.10. The molecule has 0 radical (unpaired) electrons. The summed E-state index contributed by atoms with van der Waals surface area (Å²) in [5.74, 6) is 0. The van der Waals surface area contributed by atoms with E-state index in [4.69, 9.17) is 8.85 Å². The van der Waals surface area contributed by atoms with Gasteiger partial charge in [-0.05, 0) is 12.5 Å². The van der Waals surface area contributed by atoms with Crippen LogP contribution in [0.1, 0.15) is 6.42 Å². The first-order valence-electron chi connectivity index (χ1n) is 4.06. The van der Waals surface area contributed by atoms with Gasteiger partial charge in [-0.15, -0.1) is 13.2 Å². The normalized spacial score (nSPS) is 11.2. The zero-order valence-electron chi connectivity index (χ0n) is 8.01. The molecule has 0 aliphatic rings. The summed E-state index contributed by atoms with van der Waals surface area (Å²) in [6, 6.07) is 1.80. The molecule has 0 aliphatic carbocycles. The second kappa shape index (κ2) is 6.17. The van der Waals surface area contributed by atoms with Crippen molar-refractivity contribution in [1.82, 2.24) is 0 Å². The van der Waals surface area contributed by atoms with Crippen molar-refractivity contribution in [2.24, 2.45) is 0 Å². The third-order valence-electron chi connectivity index (χ3n) is 1.93. The van der Waals surface area contributed by atoms with E-state index in [-0.39, 0.29) is 0 Å².